The van der Waals surface area contributed by atoms with Gasteiger partial charge in [-0.2, -0.15) is 0 Å². The molecule has 2 atom stereocenters. The van der Waals surface area contributed by atoms with E-state index in [1.54, 1.807) is 0 Å². The number of furan rings is 1. The van der Waals surface area contributed by atoms with Gasteiger partial charge in [0.1, 0.15) is 11.5 Å². The second kappa shape index (κ2) is 13.3. The zero-order valence-corrected chi connectivity index (χ0v) is 22.2. The molecule has 2 aromatic rings. The van der Waals surface area contributed by atoms with Gasteiger partial charge in [0.15, 0.2) is 5.96 Å². The van der Waals surface area contributed by atoms with Crippen LogP contribution in [0.15, 0.2) is 51.9 Å². The van der Waals surface area contributed by atoms with Crippen LogP contribution >= 0.6 is 24.0 Å². The molecule has 2 aliphatic rings. The van der Waals surface area contributed by atoms with Crippen LogP contribution in [0.25, 0.3) is 0 Å². The number of hydrogen-bond donors (Lipinski definition) is 2. The number of likely N-dealkylation sites (tertiary alicyclic amines) is 1. The highest BCUT2D eigenvalue weighted by atomic mass is 127. The van der Waals surface area contributed by atoms with Crippen LogP contribution in [0, 0.1) is 6.92 Å². The third-order valence-corrected chi connectivity index (χ3v) is 6.49. The Kier molecular flexibility index (Phi) is 10.5. The summed E-state index contributed by atoms with van der Waals surface area (Å²) in [4.78, 5) is 9.51. The first-order valence-corrected chi connectivity index (χ1v) is 11.9. The Hall–Kier alpha value is -1.62. The van der Waals surface area contributed by atoms with E-state index < -0.39 is 0 Å². The second-order valence-electron chi connectivity index (χ2n) is 8.62. The number of rotatable bonds is 8. The molecule has 0 bridgehead atoms. The smallest absolute Gasteiger partial charge is 0.191 e. The summed E-state index contributed by atoms with van der Waals surface area (Å²) in [6, 6.07) is 15.4. The van der Waals surface area contributed by atoms with Crippen molar-refractivity contribution in [3.05, 3.63) is 59.5 Å². The molecular weight excluding hydrogens is 529 g/mol. The SMILES string of the molecule is CN=C(NCC(c1ccccc1)N1CCCC1)NCC(c1ccc(C)o1)N1CCOCC1.I. The van der Waals surface area contributed by atoms with Gasteiger partial charge in [-0.1, -0.05) is 30.3 Å². The molecule has 2 fully saturated rings. The summed E-state index contributed by atoms with van der Waals surface area (Å²) in [5, 5.41) is 7.13. The zero-order valence-electron chi connectivity index (χ0n) is 19.8. The van der Waals surface area contributed by atoms with E-state index in [9.17, 15) is 0 Å². The number of guanidine groups is 1. The molecule has 3 heterocycles. The number of morpholine rings is 1. The highest BCUT2D eigenvalue weighted by Gasteiger charge is 2.26. The Morgan fingerprint density at radius 2 is 1.55 bits per heavy atom. The van der Waals surface area contributed by atoms with Gasteiger partial charge < -0.3 is 19.8 Å². The van der Waals surface area contributed by atoms with E-state index in [1.165, 1.54) is 18.4 Å². The van der Waals surface area contributed by atoms with Gasteiger partial charge in [0.2, 0.25) is 0 Å². The van der Waals surface area contributed by atoms with Crippen molar-refractivity contribution in [3.8, 4) is 0 Å². The number of aliphatic imine (C=N–C) groups is 1. The normalized spacial score (nSPS) is 19.6. The predicted molar refractivity (Wildman–Crippen MR) is 143 cm³/mol. The fraction of sp³-hybridized carbons (Fsp3) is 0.560. The lowest BCUT2D eigenvalue weighted by molar-refractivity contribution is 0.0124. The number of nitrogens with one attached hydrogen (secondary N) is 2. The molecule has 0 spiro atoms. The Bertz CT molecular complexity index is 847. The molecule has 2 aliphatic heterocycles. The molecule has 182 valence electrons. The minimum absolute atomic E-state index is 0. The largest absolute Gasteiger partial charge is 0.465 e. The van der Waals surface area contributed by atoms with Crippen LogP contribution in [-0.4, -0.2) is 75.3 Å². The van der Waals surface area contributed by atoms with Crippen molar-refractivity contribution in [2.24, 2.45) is 4.99 Å². The monoisotopic (exact) mass is 567 g/mol. The average molecular weight is 568 g/mol. The van der Waals surface area contributed by atoms with E-state index in [2.05, 4.69) is 61.8 Å². The van der Waals surface area contributed by atoms with E-state index in [0.29, 0.717) is 6.04 Å². The molecular formula is C25H38IN5O2. The van der Waals surface area contributed by atoms with Gasteiger partial charge >= 0.3 is 0 Å². The summed E-state index contributed by atoms with van der Waals surface area (Å²) >= 11 is 0. The Morgan fingerprint density at radius 3 is 2.15 bits per heavy atom. The van der Waals surface area contributed by atoms with Crippen LogP contribution in [-0.2, 0) is 4.74 Å². The molecule has 0 aliphatic carbocycles. The van der Waals surface area contributed by atoms with Crippen LogP contribution in [0.5, 0.6) is 0 Å². The van der Waals surface area contributed by atoms with E-state index >= 15 is 0 Å². The maximum absolute atomic E-state index is 6.00. The van der Waals surface area contributed by atoms with Gasteiger partial charge in [0.05, 0.1) is 25.3 Å². The fourth-order valence-electron chi connectivity index (χ4n) is 4.72. The molecule has 33 heavy (non-hydrogen) atoms. The highest BCUT2D eigenvalue weighted by molar-refractivity contribution is 14.0. The first-order valence-electron chi connectivity index (χ1n) is 11.9. The van der Waals surface area contributed by atoms with Gasteiger partial charge in [-0.25, -0.2) is 0 Å². The third kappa shape index (κ3) is 7.18. The highest BCUT2D eigenvalue weighted by Crippen LogP contribution is 2.25. The van der Waals surface area contributed by atoms with E-state index in [1.807, 2.05) is 20.0 Å². The van der Waals surface area contributed by atoms with Crippen molar-refractivity contribution >= 4 is 29.9 Å². The molecule has 1 aromatic heterocycles. The molecule has 4 rings (SSSR count). The van der Waals surface area contributed by atoms with Crippen LogP contribution in [0.1, 0.15) is 42.0 Å². The van der Waals surface area contributed by atoms with Crippen LogP contribution in [0.4, 0.5) is 0 Å². The first kappa shape index (κ1) is 26.0. The molecule has 8 heteroatoms. The summed E-state index contributed by atoms with van der Waals surface area (Å²) in [5.41, 5.74) is 1.36. The van der Waals surface area contributed by atoms with Crippen molar-refractivity contribution in [1.29, 1.82) is 0 Å². The topological polar surface area (TPSA) is 65.3 Å². The van der Waals surface area contributed by atoms with Crippen molar-refractivity contribution in [1.82, 2.24) is 20.4 Å². The fourth-order valence-corrected chi connectivity index (χ4v) is 4.72. The summed E-state index contributed by atoms with van der Waals surface area (Å²) in [6.45, 7) is 9.20. The average Bonchev–Trinajstić information content (AvgIpc) is 3.52. The Morgan fingerprint density at radius 1 is 0.909 bits per heavy atom. The van der Waals surface area contributed by atoms with Crippen molar-refractivity contribution in [2.45, 2.75) is 31.8 Å². The van der Waals surface area contributed by atoms with Gasteiger partial charge in [0.25, 0.3) is 0 Å². The lowest BCUT2D eigenvalue weighted by atomic mass is 10.1. The lowest BCUT2D eigenvalue weighted by Crippen LogP contribution is -2.47. The molecule has 0 amide bonds. The quantitative estimate of drug-likeness (QED) is 0.289. The van der Waals surface area contributed by atoms with Crippen molar-refractivity contribution < 1.29 is 9.15 Å². The first-order chi connectivity index (χ1) is 15.7. The van der Waals surface area contributed by atoms with Gasteiger partial charge in [-0.05, 0) is 50.6 Å². The zero-order chi connectivity index (χ0) is 22.2. The van der Waals surface area contributed by atoms with E-state index in [-0.39, 0.29) is 30.0 Å². The molecule has 0 saturated carbocycles. The van der Waals surface area contributed by atoms with E-state index in [4.69, 9.17) is 9.15 Å². The lowest BCUT2D eigenvalue weighted by Gasteiger charge is -2.34. The Balaban J connectivity index is 0.00000306. The standard InChI is InChI=1S/C25H37N5O2.HI/c1-20-10-11-24(32-20)23(30-14-16-31-17-15-30)19-28-25(26-2)27-18-22(29-12-6-7-13-29)21-8-4-3-5-9-21;/h3-5,8-11,22-23H,6-7,12-19H2,1-2H3,(H2,26,27,28);1H. The van der Waals surface area contributed by atoms with Gasteiger partial charge in [-0.15, -0.1) is 24.0 Å². The van der Waals surface area contributed by atoms with Gasteiger partial charge in [-0.3, -0.25) is 14.8 Å². The van der Waals surface area contributed by atoms with Crippen LogP contribution in [0.2, 0.25) is 0 Å². The van der Waals surface area contributed by atoms with Crippen molar-refractivity contribution in [2.75, 3.05) is 59.5 Å². The number of nitrogens with zero attached hydrogens (tertiary/aromatic N) is 3. The molecule has 1 aromatic carbocycles. The summed E-state index contributed by atoms with van der Waals surface area (Å²) < 4.78 is 11.6. The molecule has 2 N–H and O–H groups in total. The predicted octanol–water partition coefficient (Wildman–Crippen LogP) is 3.58. The number of ether oxygens (including phenoxy) is 1. The van der Waals surface area contributed by atoms with Crippen molar-refractivity contribution in [3.63, 3.8) is 0 Å². The second-order valence-corrected chi connectivity index (χ2v) is 8.62. The van der Waals surface area contributed by atoms with Gasteiger partial charge in [0, 0.05) is 33.2 Å². The number of halogens is 1. The van der Waals surface area contributed by atoms with Crippen LogP contribution in [0.3, 0.4) is 0 Å². The van der Waals surface area contributed by atoms with Crippen LogP contribution < -0.4 is 10.6 Å². The number of hydrogen-bond acceptors (Lipinski definition) is 5. The van der Waals surface area contributed by atoms with E-state index in [0.717, 1.165) is 70.0 Å². The minimum Gasteiger partial charge on any atom is -0.465 e. The number of benzene rings is 1. The summed E-state index contributed by atoms with van der Waals surface area (Å²) in [7, 11) is 1.84. The molecule has 2 unspecified atom stereocenters. The summed E-state index contributed by atoms with van der Waals surface area (Å²) in [6.07, 6.45) is 2.56. The number of aryl methyl sites for hydroxylation is 1. The summed E-state index contributed by atoms with van der Waals surface area (Å²) in [5.74, 6) is 2.76. The molecule has 0 radical (unpaired) electrons. The maximum Gasteiger partial charge on any atom is 0.191 e. The molecule has 7 nitrogen and oxygen atoms in total. The molecule has 2 saturated heterocycles. The third-order valence-electron chi connectivity index (χ3n) is 6.49. The minimum atomic E-state index is 0. The maximum atomic E-state index is 6.00. The Labute approximate surface area is 215 Å².